The van der Waals surface area contributed by atoms with Gasteiger partial charge < -0.3 is 20.2 Å². The van der Waals surface area contributed by atoms with E-state index in [0.29, 0.717) is 12.1 Å². The molecule has 0 amide bonds. The molecule has 2 aromatic rings. The van der Waals surface area contributed by atoms with Crippen molar-refractivity contribution in [3.05, 3.63) is 34.3 Å². The molecule has 1 atom stereocenters. The Morgan fingerprint density at radius 3 is 3.05 bits per heavy atom. The number of hydrogen-bond donors (Lipinski definition) is 3. The number of aromatic amines is 1. The fourth-order valence-corrected chi connectivity index (χ4v) is 2.02. The molecular weight excluding hydrogens is 246 g/mol. The van der Waals surface area contributed by atoms with E-state index < -0.39 is 5.76 Å². The maximum absolute atomic E-state index is 11.1. The highest BCUT2D eigenvalue weighted by atomic mass is 16.4. The van der Waals surface area contributed by atoms with Crippen molar-refractivity contribution in [2.45, 2.75) is 12.5 Å². The predicted molar refractivity (Wildman–Crippen MR) is 73.1 cm³/mol. The van der Waals surface area contributed by atoms with E-state index >= 15 is 0 Å². The molecule has 19 heavy (non-hydrogen) atoms. The summed E-state index contributed by atoms with van der Waals surface area (Å²) >= 11 is 0. The highest BCUT2D eigenvalue weighted by Gasteiger charge is 2.07. The molecule has 0 spiro atoms. The zero-order valence-corrected chi connectivity index (χ0v) is 10.9. The zero-order valence-electron chi connectivity index (χ0n) is 10.9. The van der Waals surface area contributed by atoms with Crippen LogP contribution < -0.4 is 11.5 Å². The Balaban J connectivity index is 1.95. The molecule has 0 saturated carbocycles. The number of aliphatic hydroxyl groups excluding tert-OH is 1. The minimum absolute atomic E-state index is 0.00739. The van der Waals surface area contributed by atoms with Gasteiger partial charge >= 0.3 is 5.76 Å². The fourth-order valence-electron chi connectivity index (χ4n) is 2.02. The number of aliphatic hydroxyl groups is 1. The molecule has 4 N–H and O–H groups in total. The number of H-pyrrole nitrogens is 1. The van der Waals surface area contributed by atoms with Crippen LogP contribution in [0.1, 0.15) is 5.56 Å². The SMILES string of the molecule is CN(CCc1ccc2oc(=O)[nH]c2c1)CC(N)CO. The van der Waals surface area contributed by atoms with E-state index in [0.717, 1.165) is 24.0 Å². The van der Waals surface area contributed by atoms with Gasteiger partial charge in [0.1, 0.15) is 0 Å². The van der Waals surface area contributed by atoms with E-state index in [9.17, 15) is 4.79 Å². The highest BCUT2D eigenvalue weighted by Crippen LogP contribution is 2.12. The molecule has 2 rings (SSSR count). The van der Waals surface area contributed by atoms with Crippen LogP contribution in [0, 0.1) is 0 Å². The summed E-state index contributed by atoms with van der Waals surface area (Å²) in [6.07, 6.45) is 0.845. The number of likely N-dealkylation sites (N-methyl/N-ethyl adjacent to an activating group) is 1. The molecule has 0 bridgehead atoms. The third kappa shape index (κ3) is 3.66. The van der Waals surface area contributed by atoms with Crippen LogP contribution in [0.25, 0.3) is 11.1 Å². The second-order valence-corrected chi connectivity index (χ2v) is 4.80. The molecule has 1 heterocycles. The Hall–Kier alpha value is -1.63. The molecule has 0 fully saturated rings. The average Bonchev–Trinajstić information content (AvgIpc) is 2.75. The van der Waals surface area contributed by atoms with E-state index in [-0.39, 0.29) is 12.6 Å². The third-order valence-electron chi connectivity index (χ3n) is 3.05. The van der Waals surface area contributed by atoms with Crippen molar-refractivity contribution in [3.8, 4) is 0 Å². The summed E-state index contributed by atoms with van der Waals surface area (Å²) in [7, 11) is 1.97. The first-order chi connectivity index (χ1) is 9.08. The van der Waals surface area contributed by atoms with Crippen molar-refractivity contribution in [2.75, 3.05) is 26.7 Å². The van der Waals surface area contributed by atoms with E-state index in [1.807, 2.05) is 19.2 Å². The first-order valence-corrected chi connectivity index (χ1v) is 6.25. The van der Waals surface area contributed by atoms with Gasteiger partial charge in [0, 0.05) is 19.1 Å². The van der Waals surface area contributed by atoms with Crippen LogP contribution >= 0.6 is 0 Å². The molecule has 0 radical (unpaired) electrons. The number of rotatable bonds is 6. The van der Waals surface area contributed by atoms with E-state index in [2.05, 4.69) is 9.88 Å². The molecule has 1 aromatic carbocycles. The average molecular weight is 265 g/mol. The van der Waals surface area contributed by atoms with Crippen LogP contribution in [0.3, 0.4) is 0 Å². The van der Waals surface area contributed by atoms with Crippen molar-refractivity contribution in [1.82, 2.24) is 9.88 Å². The van der Waals surface area contributed by atoms with Gasteiger partial charge in [-0.15, -0.1) is 0 Å². The van der Waals surface area contributed by atoms with E-state index in [1.165, 1.54) is 0 Å². The monoisotopic (exact) mass is 265 g/mol. The summed E-state index contributed by atoms with van der Waals surface area (Å²) in [6.45, 7) is 1.48. The standard InChI is InChI=1S/C13H19N3O3/c1-16(7-10(14)8-17)5-4-9-2-3-12-11(6-9)15-13(18)19-12/h2-3,6,10,17H,4-5,7-8,14H2,1H3,(H,15,18). The number of nitrogens with zero attached hydrogens (tertiary/aromatic N) is 1. The molecule has 0 aliphatic heterocycles. The quantitative estimate of drug-likeness (QED) is 0.678. The number of nitrogens with two attached hydrogens (primary N) is 1. The number of aromatic nitrogens is 1. The van der Waals surface area contributed by atoms with Crippen LogP contribution in [0.4, 0.5) is 0 Å². The molecule has 1 aromatic heterocycles. The van der Waals surface area contributed by atoms with Gasteiger partial charge in [0.05, 0.1) is 12.1 Å². The molecular formula is C13H19N3O3. The van der Waals surface area contributed by atoms with Gasteiger partial charge in [0.15, 0.2) is 5.58 Å². The maximum Gasteiger partial charge on any atom is 0.417 e. The number of fused-ring (bicyclic) bond motifs is 1. The predicted octanol–water partition coefficient (Wildman–Crippen LogP) is -0.0850. The Kier molecular flexibility index (Phi) is 4.36. The Labute approximate surface area is 110 Å². The van der Waals surface area contributed by atoms with Crippen molar-refractivity contribution >= 4 is 11.1 Å². The van der Waals surface area contributed by atoms with Crippen LogP contribution in [0.15, 0.2) is 27.4 Å². The molecule has 1 unspecified atom stereocenters. The van der Waals surface area contributed by atoms with Crippen molar-refractivity contribution in [1.29, 1.82) is 0 Å². The lowest BCUT2D eigenvalue weighted by molar-refractivity contribution is 0.223. The summed E-state index contributed by atoms with van der Waals surface area (Å²) in [5, 5.41) is 8.89. The lowest BCUT2D eigenvalue weighted by Gasteiger charge is -2.19. The third-order valence-corrected chi connectivity index (χ3v) is 3.05. The van der Waals surface area contributed by atoms with Crippen LogP contribution in [-0.4, -0.2) is 47.8 Å². The van der Waals surface area contributed by atoms with Crippen molar-refractivity contribution < 1.29 is 9.52 Å². The molecule has 0 aliphatic rings. The number of hydrogen-bond acceptors (Lipinski definition) is 5. The number of oxazole rings is 1. The van der Waals surface area contributed by atoms with Crippen LogP contribution in [0.5, 0.6) is 0 Å². The Morgan fingerprint density at radius 1 is 1.53 bits per heavy atom. The number of benzene rings is 1. The maximum atomic E-state index is 11.1. The minimum Gasteiger partial charge on any atom is -0.408 e. The highest BCUT2D eigenvalue weighted by molar-refractivity contribution is 5.72. The first kappa shape index (κ1) is 13.8. The van der Waals surface area contributed by atoms with Crippen molar-refractivity contribution in [2.24, 2.45) is 5.73 Å². The lowest BCUT2D eigenvalue weighted by atomic mass is 10.1. The van der Waals surface area contributed by atoms with Gasteiger partial charge in [-0.2, -0.15) is 0 Å². The summed E-state index contributed by atoms with van der Waals surface area (Å²) < 4.78 is 4.95. The smallest absolute Gasteiger partial charge is 0.408 e. The summed E-state index contributed by atoms with van der Waals surface area (Å²) in [5.41, 5.74) is 8.09. The topological polar surface area (TPSA) is 95.5 Å². The van der Waals surface area contributed by atoms with Gasteiger partial charge in [-0.1, -0.05) is 6.07 Å². The second kappa shape index (κ2) is 6.01. The minimum atomic E-state index is -0.432. The van der Waals surface area contributed by atoms with Gasteiger partial charge in [-0.25, -0.2) is 4.79 Å². The fraction of sp³-hybridized carbons (Fsp3) is 0.462. The van der Waals surface area contributed by atoms with Crippen molar-refractivity contribution in [3.63, 3.8) is 0 Å². The zero-order chi connectivity index (χ0) is 13.8. The van der Waals surface area contributed by atoms with Crippen LogP contribution in [0.2, 0.25) is 0 Å². The summed E-state index contributed by atoms with van der Waals surface area (Å²) in [5.74, 6) is -0.432. The van der Waals surface area contributed by atoms with Gasteiger partial charge in [-0.3, -0.25) is 4.98 Å². The normalized spacial score (nSPS) is 13.3. The molecule has 0 saturated heterocycles. The Morgan fingerprint density at radius 2 is 2.32 bits per heavy atom. The second-order valence-electron chi connectivity index (χ2n) is 4.80. The van der Waals surface area contributed by atoms with Crippen LogP contribution in [-0.2, 0) is 6.42 Å². The first-order valence-electron chi connectivity index (χ1n) is 6.25. The van der Waals surface area contributed by atoms with Gasteiger partial charge in [0.2, 0.25) is 0 Å². The largest absolute Gasteiger partial charge is 0.417 e. The summed E-state index contributed by atoms with van der Waals surface area (Å²) in [4.78, 5) is 15.8. The van der Waals surface area contributed by atoms with Gasteiger partial charge in [-0.05, 0) is 31.2 Å². The number of nitrogens with one attached hydrogen (secondary N) is 1. The van der Waals surface area contributed by atoms with Gasteiger partial charge in [0.25, 0.3) is 0 Å². The lowest BCUT2D eigenvalue weighted by Crippen LogP contribution is -2.38. The van der Waals surface area contributed by atoms with E-state index in [1.54, 1.807) is 6.07 Å². The molecule has 6 nitrogen and oxygen atoms in total. The molecule has 104 valence electrons. The summed E-state index contributed by atoms with van der Waals surface area (Å²) in [6, 6.07) is 5.44. The molecule has 6 heteroatoms. The molecule has 0 aliphatic carbocycles. The Bertz CT molecular complexity index is 590. The van der Waals surface area contributed by atoms with E-state index in [4.69, 9.17) is 15.3 Å².